The van der Waals surface area contributed by atoms with Gasteiger partial charge in [0.25, 0.3) is 0 Å². The van der Waals surface area contributed by atoms with E-state index in [2.05, 4.69) is 33.2 Å². The van der Waals surface area contributed by atoms with Gasteiger partial charge in [-0.3, -0.25) is 24.0 Å². The molecule has 0 spiro atoms. The molecule has 0 bridgehead atoms. The molecule has 16 heteroatoms. The maximum atomic E-state index is 12.6. The minimum absolute atomic E-state index is 0.107. The highest BCUT2D eigenvalue weighted by Gasteiger charge is 2.32. The Kier molecular flexibility index (Phi) is 10.8. The van der Waals surface area contributed by atoms with Crippen LogP contribution in [-0.4, -0.2) is 90.8 Å². The normalized spacial score (nSPS) is 14.2. The second-order valence-electron chi connectivity index (χ2n) is 6.79. The van der Waals surface area contributed by atoms with E-state index < -0.39 is 72.6 Å². The smallest absolute Gasteiger partial charge is 0.326 e. The zero-order valence-electron chi connectivity index (χ0n) is 17.1. The van der Waals surface area contributed by atoms with Crippen molar-refractivity contribution in [1.82, 2.24) is 25.9 Å². The summed E-state index contributed by atoms with van der Waals surface area (Å²) in [6.07, 6.45) is 0.565. The molecule has 1 aromatic heterocycles. The maximum absolute atomic E-state index is 12.6. The van der Waals surface area contributed by atoms with Crippen molar-refractivity contribution in [2.45, 2.75) is 43.4 Å². The fourth-order valence-electron chi connectivity index (χ4n) is 2.49. The number of carboxylic acid groups (broad SMARTS) is 3. The number of amides is 3. The van der Waals surface area contributed by atoms with Crippen LogP contribution in [0.5, 0.6) is 0 Å². The lowest BCUT2D eigenvalue weighted by molar-refractivity contribution is -0.144. The molecule has 0 fully saturated rings. The number of carbonyl (C=O) groups excluding carboxylic acids is 3. The summed E-state index contributed by atoms with van der Waals surface area (Å²) in [6.45, 7) is 0. The maximum Gasteiger partial charge on any atom is 0.326 e. The Balaban J connectivity index is 2.99. The van der Waals surface area contributed by atoms with Gasteiger partial charge < -0.3 is 42.0 Å². The van der Waals surface area contributed by atoms with Crippen LogP contribution in [-0.2, 0) is 35.2 Å². The van der Waals surface area contributed by atoms with Crippen LogP contribution in [0.1, 0.15) is 18.5 Å². The monoisotopic (exact) mass is 488 g/mol. The molecule has 0 aliphatic rings. The van der Waals surface area contributed by atoms with Gasteiger partial charge in [0, 0.05) is 24.1 Å². The van der Waals surface area contributed by atoms with Crippen LogP contribution in [0.4, 0.5) is 0 Å². The van der Waals surface area contributed by atoms with E-state index in [0.29, 0.717) is 5.69 Å². The Labute approximate surface area is 191 Å². The lowest BCUT2D eigenvalue weighted by Crippen LogP contribution is -2.58. The number of imidazole rings is 1. The van der Waals surface area contributed by atoms with Crippen molar-refractivity contribution >= 4 is 48.3 Å². The summed E-state index contributed by atoms with van der Waals surface area (Å²) in [4.78, 5) is 77.2. The lowest BCUT2D eigenvalue weighted by atomic mass is 10.1. The first kappa shape index (κ1) is 27.4. The Morgan fingerprint density at radius 2 is 1.39 bits per heavy atom. The van der Waals surface area contributed by atoms with Crippen molar-refractivity contribution < 1.29 is 44.1 Å². The molecule has 1 aromatic rings. The molecular weight excluding hydrogens is 464 g/mol. The third-order valence-corrected chi connectivity index (χ3v) is 4.54. The summed E-state index contributed by atoms with van der Waals surface area (Å²) in [5, 5.41) is 33.7. The second-order valence-corrected chi connectivity index (χ2v) is 7.15. The summed E-state index contributed by atoms with van der Waals surface area (Å²) < 4.78 is 0. The Bertz CT molecular complexity index is 878. The molecule has 0 radical (unpaired) electrons. The highest BCUT2D eigenvalue weighted by molar-refractivity contribution is 7.80. The average Bonchev–Trinajstić information content (AvgIpc) is 3.23. The minimum Gasteiger partial charge on any atom is -0.481 e. The fourth-order valence-corrected chi connectivity index (χ4v) is 2.66. The van der Waals surface area contributed by atoms with E-state index in [0.717, 1.165) is 0 Å². The number of nitrogens with zero attached hydrogens (tertiary/aromatic N) is 1. The number of thiol groups is 1. The molecule has 0 aromatic carbocycles. The fraction of sp³-hybridized carbons (Fsp3) is 0.471. The number of aromatic amines is 1. The summed E-state index contributed by atoms with van der Waals surface area (Å²) in [6, 6.07) is -6.11. The molecule has 0 saturated heterocycles. The number of carboxylic acids is 3. The van der Waals surface area contributed by atoms with Crippen molar-refractivity contribution in [2.75, 3.05) is 5.75 Å². The number of nitrogens with two attached hydrogens (primary N) is 1. The van der Waals surface area contributed by atoms with E-state index in [1.807, 2.05) is 5.32 Å². The van der Waals surface area contributed by atoms with E-state index in [4.69, 9.17) is 15.9 Å². The van der Waals surface area contributed by atoms with Crippen molar-refractivity contribution in [3.05, 3.63) is 18.2 Å². The van der Waals surface area contributed by atoms with Gasteiger partial charge in [0.1, 0.15) is 18.1 Å². The quantitative estimate of drug-likeness (QED) is 0.117. The number of H-pyrrole nitrogens is 1. The highest BCUT2D eigenvalue weighted by atomic mass is 32.1. The number of aromatic nitrogens is 2. The van der Waals surface area contributed by atoms with E-state index in [1.54, 1.807) is 0 Å². The first-order chi connectivity index (χ1) is 15.4. The molecule has 182 valence electrons. The highest BCUT2D eigenvalue weighted by Crippen LogP contribution is 2.03. The third-order valence-electron chi connectivity index (χ3n) is 4.15. The Hall–Kier alpha value is -3.66. The molecule has 3 amide bonds. The molecule has 0 aliphatic carbocycles. The van der Waals surface area contributed by atoms with E-state index in [-0.39, 0.29) is 12.2 Å². The van der Waals surface area contributed by atoms with Crippen LogP contribution < -0.4 is 21.7 Å². The van der Waals surface area contributed by atoms with Gasteiger partial charge in [-0.05, 0) is 0 Å². The predicted octanol–water partition coefficient (Wildman–Crippen LogP) is -3.30. The van der Waals surface area contributed by atoms with Crippen LogP contribution in [0.15, 0.2) is 12.5 Å². The standard InChI is InChI=1S/C17H24N6O9S/c18-8(5-33)14(28)21-9(2-12(24)25)15(29)22-10(3-13(26)27)16(30)23-11(17(31)32)1-7-4-19-6-20-7/h4,6,8-11,33H,1-3,5,18H2,(H,19,20)(H,21,28)(H,22,29)(H,23,30)(H,24,25)(H,26,27)(H,31,32). The van der Waals surface area contributed by atoms with Crippen molar-refractivity contribution in [3.63, 3.8) is 0 Å². The summed E-state index contributed by atoms with van der Waals surface area (Å²) in [5.74, 6) is -7.74. The van der Waals surface area contributed by atoms with Gasteiger partial charge in [0.05, 0.1) is 25.2 Å². The molecule has 9 N–H and O–H groups in total. The van der Waals surface area contributed by atoms with Crippen molar-refractivity contribution in [1.29, 1.82) is 0 Å². The Morgan fingerprint density at radius 1 is 0.909 bits per heavy atom. The van der Waals surface area contributed by atoms with Gasteiger partial charge in [-0.2, -0.15) is 12.6 Å². The van der Waals surface area contributed by atoms with E-state index in [1.165, 1.54) is 12.5 Å². The van der Waals surface area contributed by atoms with Gasteiger partial charge in [0.15, 0.2) is 0 Å². The van der Waals surface area contributed by atoms with Gasteiger partial charge in [-0.1, -0.05) is 0 Å². The molecule has 1 heterocycles. The number of rotatable bonds is 14. The number of nitrogens with one attached hydrogen (secondary N) is 4. The SMILES string of the molecule is NC(CS)C(=O)NC(CC(=O)O)C(=O)NC(CC(=O)O)C(=O)NC(Cc1cnc[nH]1)C(=O)O. The summed E-state index contributed by atoms with van der Waals surface area (Å²) in [7, 11) is 0. The second kappa shape index (κ2) is 13.0. The van der Waals surface area contributed by atoms with E-state index >= 15 is 0 Å². The minimum atomic E-state index is -1.77. The van der Waals surface area contributed by atoms with Crippen LogP contribution in [0.25, 0.3) is 0 Å². The van der Waals surface area contributed by atoms with Crippen LogP contribution in [0.2, 0.25) is 0 Å². The summed E-state index contributed by atoms with van der Waals surface area (Å²) >= 11 is 3.82. The van der Waals surface area contributed by atoms with Gasteiger partial charge in [-0.25, -0.2) is 9.78 Å². The number of aliphatic carboxylic acids is 3. The summed E-state index contributed by atoms with van der Waals surface area (Å²) in [5.41, 5.74) is 5.84. The molecule has 33 heavy (non-hydrogen) atoms. The molecule has 15 nitrogen and oxygen atoms in total. The lowest BCUT2D eigenvalue weighted by Gasteiger charge is -2.23. The molecule has 4 atom stereocenters. The molecule has 1 rings (SSSR count). The zero-order valence-corrected chi connectivity index (χ0v) is 17.9. The zero-order chi connectivity index (χ0) is 25.1. The number of hydrogen-bond donors (Lipinski definition) is 9. The average molecular weight is 488 g/mol. The molecule has 0 aliphatic heterocycles. The molecule has 4 unspecified atom stereocenters. The first-order valence-corrected chi connectivity index (χ1v) is 9.99. The first-order valence-electron chi connectivity index (χ1n) is 9.35. The van der Waals surface area contributed by atoms with Crippen LogP contribution in [0.3, 0.4) is 0 Å². The van der Waals surface area contributed by atoms with Crippen molar-refractivity contribution in [2.24, 2.45) is 5.73 Å². The van der Waals surface area contributed by atoms with Crippen molar-refractivity contribution in [3.8, 4) is 0 Å². The largest absolute Gasteiger partial charge is 0.481 e. The van der Waals surface area contributed by atoms with Gasteiger partial charge in [0.2, 0.25) is 17.7 Å². The number of hydrogen-bond acceptors (Lipinski definition) is 9. The predicted molar refractivity (Wildman–Crippen MR) is 112 cm³/mol. The molecular formula is C17H24N6O9S. The van der Waals surface area contributed by atoms with E-state index in [9.17, 15) is 33.9 Å². The molecule has 0 saturated carbocycles. The Morgan fingerprint density at radius 3 is 1.79 bits per heavy atom. The number of carbonyl (C=O) groups is 6. The van der Waals surface area contributed by atoms with Gasteiger partial charge in [-0.15, -0.1) is 0 Å². The van der Waals surface area contributed by atoms with Gasteiger partial charge >= 0.3 is 17.9 Å². The third kappa shape index (κ3) is 9.56. The van der Waals surface area contributed by atoms with Crippen LogP contribution in [0, 0.1) is 0 Å². The topological polar surface area (TPSA) is 254 Å². The van der Waals surface area contributed by atoms with Crippen LogP contribution >= 0.6 is 12.6 Å².